The van der Waals surface area contributed by atoms with Crippen molar-refractivity contribution in [2.24, 2.45) is 11.8 Å². The molecule has 2 amide bonds. The molecule has 160 valence electrons. The van der Waals surface area contributed by atoms with Crippen LogP contribution in [0.25, 0.3) is 0 Å². The maximum atomic E-state index is 12.0. The molecule has 3 aliphatic carbocycles. The Balaban J connectivity index is 1.17. The van der Waals surface area contributed by atoms with Crippen LogP contribution < -0.4 is 10.6 Å². The molecular formula is C20H26N6O2S2. The van der Waals surface area contributed by atoms with Crippen molar-refractivity contribution < 1.29 is 9.59 Å². The molecule has 3 fully saturated rings. The quantitative estimate of drug-likeness (QED) is 0.625. The van der Waals surface area contributed by atoms with E-state index in [0.717, 1.165) is 61.4 Å². The largest absolute Gasteiger partial charge is 0.301 e. The Hall–Kier alpha value is -1.94. The molecule has 2 heterocycles. The van der Waals surface area contributed by atoms with Crippen LogP contribution >= 0.6 is 22.7 Å². The minimum atomic E-state index is 0.0480. The van der Waals surface area contributed by atoms with Crippen molar-refractivity contribution in [1.29, 1.82) is 0 Å². The molecule has 0 unspecified atom stereocenters. The van der Waals surface area contributed by atoms with Crippen LogP contribution in [0.2, 0.25) is 0 Å². The summed E-state index contributed by atoms with van der Waals surface area (Å²) < 4.78 is 0. The molecule has 2 atom stereocenters. The van der Waals surface area contributed by atoms with E-state index in [-0.39, 0.29) is 11.8 Å². The van der Waals surface area contributed by atoms with Gasteiger partial charge in [0.05, 0.1) is 0 Å². The molecule has 0 bridgehead atoms. The van der Waals surface area contributed by atoms with Crippen molar-refractivity contribution in [3.05, 3.63) is 10.0 Å². The fourth-order valence-corrected chi connectivity index (χ4v) is 5.86. The smallest absolute Gasteiger partial charge is 0.226 e. The van der Waals surface area contributed by atoms with E-state index in [0.29, 0.717) is 46.8 Å². The van der Waals surface area contributed by atoms with E-state index in [1.165, 1.54) is 22.7 Å². The molecule has 8 nitrogen and oxygen atoms in total. The average molecular weight is 447 g/mol. The molecule has 5 rings (SSSR count). The number of amides is 2. The highest BCUT2D eigenvalue weighted by Crippen LogP contribution is 2.43. The molecule has 3 saturated carbocycles. The summed E-state index contributed by atoms with van der Waals surface area (Å²) in [6.07, 6.45) is 10.0. The molecule has 2 N–H and O–H groups in total. The molecule has 30 heavy (non-hydrogen) atoms. The summed E-state index contributed by atoms with van der Waals surface area (Å²) >= 11 is 2.99. The summed E-state index contributed by atoms with van der Waals surface area (Å²) in [4.78, 5) is 24.0. The highest BCUT2D eigenvalue weighted by atomic mass is 32.1. The van der Waals surface area contributed by atoms with Crippen LogP contribution in [0.5, 0.6) is 0 Å². The fourth-order valence-electron chi connectivity index (χ4n) is 4.05. The lowest BCUT2D eigenvalue weighted by Crippen LogP contribution is -2.13. The third-order valence-corrected chi connectivity index (χ3v) is 8.09. The van der Waals surface area contributed by atoms with Crippen LogP contribution in [0.1, 0.15) is 86.1 Å². The van der Waals surface area contributed by atoms with Crippen LogP contribution in [-0.2, 0) is 9.59 Å². The lowest BCUT2D eigenvalue weighted by molar-refractivity contribution is -0.117. The predicted molar refractivity (Wildman–Crippen MR) is 116 cm³/mol. The molecule has 10 heteroatoms. The number of carbonyl (C=O) groups excluding carboxylic acids is 2. The Bertz CT molecular complexity index is 848. The molecule has 0 spiro atoms. The molecule has 2 aromatic heterocycles. The van der Waals surface area contributed by atoms with Gasteiger partial charge in [-0.3, -0.25) is 9.59 Å². The van der Waals surface area contributed by atoms with E-state index in [1.54, 1.807) is 0 Å². The molecule has 0 aromatic carbocycles. The second-order valence-corrected chi connectivity index (χ2v) is 10.9. The standard InChI is InChI=1S/C20H26N6O2S2/c27-15(8-11-4-5-11)21-19-25-23-17(29-19)13-2-1-3-14(10-13)18-24-26-20(30-18)22-16(28)9-12-6-7-12/h11-14H,1-10H2,(H,21,25,27)(H,22,26,28)/t13-,14-/m1/s1. The SMILES string of the molecule is O=C(CC1CC1)Nc1nnc([C@@H]2CCC[C@@H](c3nnc(NC(=O)CC4CC4)s3)C2)s1. The van der Waals surface area contributed by atoms with E-state index in [1.807, 2.05) is 0 Å². The van der Waals surface area contributed by atoms with Crippen molar-refractivity contribution in [2.45, 2.75) is 76.0 Å². The summed E-state index contributed by atoms with van der Waals surface area (Å²) in [5.41, 5.74) is 0. The number of carbonyl (C=O) groups is 2. The topological polar surface area (TPSA) is 110 Å². The van der Waals surface area contributed by atoms with Gasteiger partial charge in [-0.1, -0.05) is 29.1 Å². The highest BCUT2D eigenvalue weighted by Gasteiger charge is 2.30. The van der Waals surface area contributed by atoms with Gasteiger partial charge in [0.2, 0.25) is 22.1 Å². The second kappa shape index (κ2) is 8.66. The summed E-state index contributed by atoms with van der Waals surface area (Å²) in [5, 5.41) is 26.1. The van der Waals surface area contributed by atoms with Crippen molar-refractivity contribution >= 4 is 44.8 Å². The first-order valence-corrected chi connectivity index (χ1v) is 12.5. The highest BCUT2D eigenvalue weighted by molar-refractivity contribution is 7.15. The summed E-state index contributed by atoms with van der Waals surface area (Å²) in [6.45, 7) is 0. The zero-order valence-corrected chi connectivity index (χ0v) is 18.4. The first-order valence-electron chi connectivity index (χ1n) is 10.9. The van der Waals surface area contributed by atoms with Crippen LogP contribution in [-0.4, -0.2) is 32.2 Å². The zero-order chi connectivity index (χ0) is 20.5. The van der Waals surface area contributed by atoms with Crippen molar-refractivity contribution in [3.63, 3.8) is 0 Å². The summed E-state index contributed by atoms with van der Waals surface area (Å²) in [6, 6.07) is 0. The van der Waals surface area contributed by atoms with E-state index in [9.17, 15) is 9.59 Å². The minimum Gasteiger partial charge on any atom is -0.301 e. The van der Waals surface area contributed by atoms with Gasteiger partial charge in [0.25, 0.3) is 0 Å². The predicted octanol–water partition coefficient (Wildman–Crippen LogP) is 4.31. The number of aromatic nitrogens is 4. The molecule has 0 saturated heterocycles. The maximum absolute atomic E-state index is 12.0. The average Bonchev–Trinajstić information content (AvgIpc) is 3.62. The number of hydrogen-bond acceptors (Lipinski definition) is 8. The maximum Gasteiger partial charge on any atom is 0.226 e. The van der Waals surface area contributed by atoms with Crippen LogP contribution in [0, 0.1) is 11.8 Å². The Kier molecular flexibility index (Phi) is 5.77. The van der Waals surface area contributed by atoms with Gasteiger partial charge in [-0.05, 0) is 56.8 Å². The monoisotopic (exact) mass is 446 g/mol. The number of rotatable bonds is 8. The number of anilines is 2. The Labute approximate surface area is 183 Å². The van der Waals surface area contributed by atoms with E-state index in [4.69, 9.17) is 0 Å². The van der Waals surface area contributed by atoms with E-state index >= 15 is 0 Å². The minimum absolute atomic E-state index is 0.0480. The summed E-state index contributed by atoms with van der Waals surface area (Å²) in [7, 11) is 0. The Morgan fingerprint density at radius 1 is 0.733 bits per heavy atom. The summed E-state index contributed by atoms with van der Waals surface area (Å²) in [5.74, 6) is 1.87. The van der Waals surface area contributed by atoms with Crippen LogP contribution in [0.15, 0.2) is 0 Å². The first kappa shape index (κ1) is 20.0. The van der Waals surface area contributed by atoms with Crippen molar-refractivity contribution in [2.75, 3.05) is 10.6 Å². The third-order valence-electron chi connectivity index (χ3n) is 6.09. The molecule has 0 aliphatic heterocycles. The van der Waals surface area contributed by atoms with Gasteiger partial charge in [0.15, 0.2) is 0 Å². The first-order chi connectivity index (χ1) is 14.6. The zero-order valence-electron chi connectivity index (χ0n) is 16.8. The van der Waals surface area contributed by atoms with Gasteiger partial charge in [0.1, 0.15) is 10.0 Å². The van der Waals surface area contributed by atoms with Crippen LogP contribution in [0.3, 0.4) is 0 Å². The molecule has 2 aromatic rings. The lowest BCUT2D eigenvalue weighted by atomic mass is 9.82. The molecule has 3 aliphatic rings. The lowest BCUT2D eigenvalue weighted by Gasteiger charge is -2.25. The van der Waals surface area contributed by atoms with Gasteiger partial charge >= 0.3 is 0 Å². The fraction of sp³-hybridized carbons (Fsp3) is 0.700. The number of nitrogens with zero attached hydrogens (tertiary/aromatic N) is 4. The number of hydrogen-bond donors (Lipinski definition) is 2. The number of nitrogens with one attached hydrogen (secondary N) is 2. The van der Waals surface area contributed by atoms with Gasteiger partial charge in [0, 0.05) is 24.7 Å². The Morgan fingerprint density at radius 3 is 1.63 bits per heavy atom. The van der Waals surface area contributed by atoms with Crippen LogP contribution in [0.4, 0.5) is 10.3 Å². The van der Waals surface area contributed by atoms with E-state index < -0.39 is 0 Å². The Morgan fingerprint density at radius 2 is 1.20 bits per heavy atom. The van der Waals surface area contributed by atoms with Gasteiger partial charge in [-0.25, -0.2) is 0 Å². The van der Waals surface area contributed by atoms with Gasteiger partial charge in [-0.2, -0.15) is 0 Å². The second-order valence-electron chi connectivity index (χ2n) is 8.84. The normalized spacial score (nSPS) is 23.9. The third kappa shape index (κ3) is 5.21. The van der Waals surface area contributed by atoms with Crippen molar-refractivity contribution in [3.8, 4) is 0 Å². The van der Waals surface area contributed by atoms with E-state index in [2.05, 4.69) is 31.0 Å². The van der Waals surface area contributed by atoms with Gasteiger partial charge in [-0.15, -0.1) is 20.4 Å². The van der Waals surface area contributed by atoms with Crippen molar-refractivity contribution in [1.82, 2.24) is 20.4 Å². The molecule has 0 radical (unpaired) electrons. The molecular weight excluding hydrogens is 420 g/mol. The van der Waals surface area contributed by atoms with Gasteiger partial charge < -0.3 is 10.6 Å².